The third kappa shape index (κ3) is 2.02. The Balaban J connectivity index is 2.27. The van der Waals surface area contributed by atoms with Gasteiger partial charge in [-0.15, -0.1) is 0 Å². The summed E-state index contributed by atoms with van der Waals surface area (Å²) in [7, 11) is 0. The lowest BCUT2D eigenvalue weighted by Gasteiger charge is -2.05. The first-order valence-electron chi connectivity index (χ1n) is 5.73. The molecule has 1 aromatic heterocycles. The molecule has 0 aliphatic heterocycles. The molecule has 0 aliphatic rings. The highest BCUT2D eigenvalue weighted by Crippen LogP contribution is 2.31. The van der Waals surface area contributed by atoms with Gasteiger partial charge in [0.25, 0.3) is 5.56 Å². The normalized spacial score (nSPS) is 10.9. The van der Waals surface area contributed by atoms with Gasteiger partial charge in [-0.25, -0.2) is 9.37 Å². The van der Waals surface area contributed by atoms with Crippen LogP contribution in [0.2, 0.25) is 5.02 Å². The minimum absolute atomic E-state index is 0.143. The smallest absolute Gasteiger partial charge is 0.259 e. The van der Waals surface area contributed by atoms with Crippen LogP contribution in [0.3, 0.4) is 0 Å². The molecule has 2 aromatic carbocycles. The first kappa shape index (κ1) is 12.6. The predicted octanol–water partition coefficient (Wildman–Crippen LogP) is 3.09. The number of hydrogen-bond donors (Lipinski definition) is 2. The lowest BCUT2D eigenvalue weighted by molar-refractivity contribution is 0.433. The minimum atomic E-state index is -0.872. The van der Waals surface area contributed by atoms with E-state index in [1.165, 1.54) is 6.07 Å². The molecule has 100 valence electrons. The number of phenolic OH excluding ortho intramolecular Hbond substituents is 1. The molecule has 0 fully saturated rings. The molecular weight excluding hydrogens is 283 g/mol. The van der Waals surface area contributed by atoms with Crippen LogP contribution in [0.1, 0.15) is 0 Å². The van der Waals surface area contributed by atoms with E-state index in [0.29, 0.717) is 10.9 Å². The molecule has 0 saturated heterocycles. The van der Waals surface area contributed by atoms with E-state index in [9.17, 15) is 14.3 Å². The number of halogens is 2. The Bertz CT molecular complexity index is 853. The molecule has 0 saturated carbocycles. The topological polar surface area (TPSA) is 66.0 Å². The Hall–Kier alpha value is -2.40. The van der Waals surface area contributed by atoms with Crippen molar-refractivity contribution in [1.29, 1.82) is 0 Å². The maximum Gasteiger partial charge on any atom is 0.259 e. The van der Waals surface area contributed by atoms with E-state index >= 15 is 0 Å². The van der Waals surface area contributed by atoms with Crippen LogP contribution in [0.5, 0.6) is 5.75 Å². The third-order valence-corrected chi connectivity index (χ3v) is 3.19. The number of rotatable bonds is 1. The van der Waals surface area contributed by atoms with Crippen LogP contribution in [0.15, 0.2) is 41.2 Å². The van der Waals surface area contributed by atoms with E-state index in [0.717, 1.165) is 6.07 Å². The quantitative estimate of drug-likeness (QED) is 0.724. The van der Waals surface area contributed by atoms with Crippen molar-refractivity contribution in [3.05, 3.63) is 57.6 Å². The fraction of sp³-hybridized carbons (Fsp3) is 0. The monoisotopic (exact) mass is 290 g/mol. The summed E-state index contributed by atoms with van der Waals surface area (Å²) in [5.74, 6) is -1.31. The number of aromatic nitrogens is 2. The molecule has 0 atom stereocenters. The van der Waals surface area contributed by atoms with E-state index in [1.54, 1.807) is 24.3 Å². The average molecular weight is 291 g/mol. The summed E-state index contributed by atoms with van der Waals surface area (Å²) in [5, 5.41) is 9.61. The fourth-order valence-corrected chi connectivity index (χ4v) is 2.13. The Labute approximate surface area is 117 Å². The minimum Gasteiger partial charge on any atom is -0.504 e. The van der Waals surface area contributed by atoms with Crippen molar-refractivity contribution in [2.45, 2.75) is 0 Å². The molecule has 3 aromatic rings. The largest absolute Gasteiger partial charge is 0.504 e. The van der Waals surface area contributed by atoms with Gasteiger partial charge in [0.15, 0.2) is 11.6 Å². The van der Waals surface area contributed by atoms with E-state index in [4.69, 9.17) is 11.6 Å². The molecule has 0 aliphatic carbocycles. The highest BCUT2D eigenvalue weighted by Gasteiger charge is 2.12. The summed E-state index contributed by atoms with van der Waals surface area (Å²) in [6, 6.07) is 9.22. The zero-order valence-electron chi connectivity index (χ0n) is 10.0. The molecule has 0 spiro atoms. The first-order chi connectivity index (χ1) is 9.56. The number of fused-ring (bicyclic) bond motifs is 1. The van der Waals surface area contributed by atoms with Crippen molar-refractivity contribution in [3.63, 3.8) is 0 Å². The SMILES string of the molecule is O=c1[nH]c(-c2cc(F)c(O)c(Cl)c2)nc2ccccc12. The van der Waals surface area contributed by atoms with Crippen LogP contribution >= 0.6 is 11.6 Å². The maximum absolute atomic E-state index is 13.5. The molecule has 0 bridgehead atoms. The number of hydrogen-bond acceptors (Lipinski definition) is 3. The Morgan fingerprint density at radius 2 is 2.00 bits per heavy atom. The summed E-state index contributed by atoms with van der Waals surface area (Å²) >= 11 is 5.72. The van der Waals surface area contributed by atoms with E-state index < -0.39 is 11.6 Å². The molecule has 2 N–H and O–H groups in total. The number of benzene rings is 2. The lowest BCUT2D eigenvalue weighted by Crippen LogP contribution is -2.09. The van der Waals surface area contributed by atoms with Gasteiger partial charge in [0, 0.05) is 5.56 Å². The highest BCUT2D eigenvalue weighted by molar-refractivity contribution is 6.32. The number of H-pyrrole nitrogens is 1. The second-order valence-electron chi connectivity index (χ2n) is 4.22. The molecule has 20 heavy (non-hydrogen) atoms. The van der Waals surface area contributed by atoms with Gasteiger partial charge >= 0.3 is 0 Å². The standard InChI is InChI=1S/C14H8ClFN2O2/c15-9-5-7(6-10(16)12(9)19)13-17-11-4-2-1-3-8(11)14(20)18-13/h1-6,19H,(H,17,18,20). The van der Waals surface area contributed by atoms with Gasteiger partial charge in [-0.1, -0.05) is 23.7 Å². The molecular formula is C14H8ClFN2O2. The van der Waals surface area contributed by atoms with Crippen molar-refractivity contribution in [2.24, 2.45) is 0 Å². The van der Waals surface area contributed by atoms with Crippen molar-refractivity contribution in [2.75, 3.05) is 0 Å². The number of aromatic hydroxyl groups is 1. The molecule has 0 unspecified atom stereocenters. The predicted molar refractivity (Wildman–Crippen MR) is 74.4 cm³/mol. The second kappa shape index (κ2) is 4.61. The van der Waals surface area contributed by atoms with Gasteiger partial charge in [0.2, 0.25) is 0 Å². The maximum atomic E-state index is 13.5. The van der Waals surface area contributed by atoms with Crippen molar-refractivity contribution in [3.8, 4) is 17.1 Å². The number of nitrogens with zero attached hydrogens (tertiary/aromatic N) is 1. The third-order valence-electron chi connectivity index (χ3n) is 2.90. The van der Waals surface area contributed by atoms with Gasteiger partial charge in [-0.2, -0.15) is 0 Å². The molecule has 0 amide bonds. The molecule has 3 rings (SSSR count). The Kier molecular flexibility index (Phi) is 2.91. The first-order valence-corrected chi connectivity index (χ1v) is 6.11. The van der Waals surface area contributed by atoms with Crippen molar-refractivity contribution >= 4 is 22.5 Å². The Morgan fingerprint density at radius 1 is 1.25 bits per heavy atom. The Morgan fingerprint density at radius 3 is 2.75 bits per heavy atom. The zero-order chi connectivity index (χ0) is 14.3. The van der Waals surface area contributed by atoms with E-state index in [1.807, 2.05) is 0 Å². The van der Waals surface area contributed by atoms with Gasteiger partial charge in [-0.05, 0) is 24.3 Å². The fourth-order valence-electron chi connectivity index (χ4n) is 1.93. The van der Waals surface area contributed by atoms with Crippen molar-refractivity contribution < 1.29 is 9.50 Å². The highest BCUT2D eigenvalue weighted by atomic mass is 35.5. The summed E-state index contributed by atoms with van der Waals surface area (Å²) in [5.41, 5.74) is 0.458. The van der Waals surface area contributed by atoms with Crippen LogP contribution < -0.4 is 5.56 Å². The van der Waals surface area contributed by atoms with Crippen LogP contribution in [0.25, 0.3) is 22.3 Å². The molecule has 1 heterocycles. The number of phenols is 1. The molecule has 0 radical (unpaired) electrons. The second-order valence-corrected chi connectivity index (χ2v) is 4.63. The lowest BCUT2D eigenvalue weighted by atomic mass is 10.1. The van der Waals surface area contributed by atoms with Crippen LogP contribution in [0.4, 0.5) is 4.39 Å². The average Bonchev–Trinajstić information content (AvgIpc) is 2.44. The summed E-state index contributed by atoms with van der Waals surface area (Å²) in [6.07, 6.45) is 0. The summed E-state index contributed by atoms with van der Waals surface area (Å²) in [4.78, 5) is 18.8. The number of aromatic amines is 1. The van der Waals surface area contributed by atoms with Gasteiger partial charge in [0.1, 0.15) is 5.82 Å². The van der Waals surface area contributed by atoms with E-state index in [2.05, 4.69) is 9.97 Å². The number of para-hydroxylation sites is 1. The van der Waals surface area contributed by atoms with Gasteiger partial charge in [-0.3, -0.25) is 4.79 Å². The van der Waals surface area contributed by atoms with Gasteiger partial charge < -0.3 is 10.1 Å². The van der Waals surface area contributed by atoms with E-state index in [-0.39, 0.29) is 22.0 Å². The zero-order valence-corrected chi connectivity index (χ0v) is 10.8. The van der Waals surface area contributed by atoms with Crippen LogP contribution in [-0.2, 0) is 0 Å². The molecule has 6 heteroatoms. The van der Waals surface area contributed by atoms with Crippen molar-refractivity contribution in [1.82, 2.24) is 9.97 Å². The summed E-state index contributed by atoms with van der Waals surface area (Å²) in [6.45, 7) is 0. The summed E-state index contributed by atoms with van der Waals surface area (Å²) < 4.78 is 13.5. The van der Waals surface area contributed by atoms with Crippen LogP contribution in [0, 0.1) is 5.82 Å². The number of nitrogens with one attached hydrogen (secondary N) is 1. The van der Waals surface area contributed by atoms with Crippen LogP contribution in [-0.4, -0.2) is 15.1 Å². The molecule has 4 nitrogen and oxygen atoms in total. The van der Waals surface area contributed by atoms with Gasteiger partial charge in [0.05, 0.1) is 15.9 Å².